The van der Waals surface area contributed by atoms with Crippen LogP contribution in [-0.2, 0) is 27.4 Å². The molecule has 1 aliphatic rings. The molecular formula is C25H34N4O3S2. The van der Waals surface area contributed by atoms with Crippen molar-refractivity contribution in [2.24, 2.45) is 5.11 Å². The van der Waals surface area contributed by atoms with Crippen LogP contribution >= 0.6 is 11.8 Å². The standard InChI is InChI=1S/C25H34N4O3S2/c1-17-11-13-20(14-12-17)33-24-21(27-29-26)15-22(31-16-19-9-7-6-8-10-19)23(32-24)18(2)28-34(30)25(3,4)5/h6-14,18,21-24,28H,15-16H2,1-5H3/t18-,21+,22-,23+,24?,34?/m0/s1. The molecule has 1 saturated heterocycles. The molecule has 2 aromatic carbocycles. The van der Waals surface area contributed by atoms with E-state index in [4.69, 9.17) is 9.47 Å². The van der Waals surface area contributed by atoms with E-state index in [0.717, 1.165) is 10.5 Å². The van der Waals surface area contributed by atoms with Gasteiger partial charge in [0, 0.05) is 21.2 Å². The first-order valence-electron chi connectivity index (χ1n) is 11.4. The smallest absolute Gasteiger partial charge is 0.136 e. The van der Waals surface area contributed by atoms with Crippen molar-refractivity contribution in [3.63, 3.8) is 0 Å². The van der Waals surface area contributed by atoms with Crippen molar-refractivity contribution in [1.82, 2.24) is 4.72 Å². The summed E-state index contributed by atoms with van der Waals surface area (Å²) in [5, 5.41) is 4.05. The van der Waals surface area contributed by atoms with Gasteiger partial charge in [-0.05, 0) is 64.3 Å². The maximum Gasteiger partial charge on any atom is 0.136 e. The van der Waals surface area contributed by atoms with Crippen LogP contribution in [0.3, 0.4) is 0 Å². The zero-order valence-electron chi connectivity index (χ0n) is 20.4. The molecule has 6 atom stereocenters. The molecule has 3 rings (SSSR count). The Hall–Kier alpha value is -1.71. The summed E-state index contributed by atoms with van der Waals surface area (Å²) < 4.78 is 28.5. The van der Waals surface area contributed by atoms with E-state index in [1.807, 2.05) is 89.2 Å². The van der Waals surface area contributed by atoms with Crippen LogP contribution in [0.1, 0.15) is 45.2 Å². The Morgan fingerprint density at radius 2 is 1.91 bits per heavy atom. The first kappa shape index (κ1) is 26.9. The van der Waals surface area contributed by atoms with Gasteiger partial charge in [-0.15, -0.1) is 4.72 Å². The lowest BCUT2D eigenvalue weighted by Gasteiger charge is -2.42. The fraction of sp³-hybridized carbons (Fsp3) is 0.520. The fourth-order valence-corrected chi connectivity index (χ4v) is 5.53. The highest BCUT2D eigenvalue weighted by molar-refractivity contribution is 7.99. The molecule has 7 nitrogen and oxygen atoms in total. The van der Waals surface area contributed by atoms with Crippen LogP contribution in [0, 0.1) is 6.92 Å². The third-order valence-corrected chi connectivity index (χ3v) is 8.47. The van der Waals surface area contributed by atoms with Gasteiger partial charge in [-0.1, -0.05) is 64.9 Å². The summed E-state index contributed by atoms with van der Waals surface area (Å²) in [7, 11) is 0. The van der Waals surface area contributed by atoms with E-state index < -0.39 is 22.2 Å². The van der Waals surface area contributed by atoms with Gasteiger partial charge in [0.05, 0.1) is 24.8 Å². The SMILES string of the molecule is Cc1ccc(SC2O[C@H]([C@H](C)N[S+]([O-])C(C)(C)C)[C@@H](OCc3ccccc3)C[C@H]2N=[N+]=[N-])cc1. The van der Waals surface area contributed by atoms with Crippen LogP contribution in [0.2, 0.25) is 0 Å². The molecule has 1 aliphatic heterocycles. The number of benzene rings is 2. The number of nitrogens with one attached hydrogen (secondary N) is 1. The van der Waals surface area contributed by atoms with Crippen LogP contribution in [-0.4, -0.2) is 39.0 Å². The van der Waals surface area contributed by atoms with Crippen LogP contribution in [0.25, 0.3) is 10.4 Å². The molecule has 0 saturated carbocycles. The van der Waals surface area contributed by atoms with Gasteiger partial charge >= 0.3 is 0 Å². The number of ether oxygens (including phenoxy) is 2. The number of thioether (sulfide) groups is 1. The summed E-state index contributed by atoms with van der Waals surface area (Å²) in [4.78, 5) is 4.12. The lowest BCUT2D eigenvalue weighted by Crippen LogP contribution is -2.57. The highest BCUT2D eigenvalue weighted by Gasteiger charge is 2.43. The van der Waals surface area contributed by atoms with Crippen molar-refractivity contribution in [3.05, 3.63) is 76.2 Å². The average Bonchev–Trinajstić information content (AvgIpc) is 2.80. The first-order valence-corrected chi connectivity index (χ1v) is 13.5. The molecule has 1 N–H and O–H groups in total. The summed E-state index contributed by atoms with van der Waals surface area (Å²) in [6, 6.07) is 17.5. The second-order valence-corrected chi connectivity index (χ2v) is 12.7. The minimum Gasteiger partial charge on any atom is -0.598 e. The molecule has 0 bridgehead atoms. The van der Waals surface area contributed by atoms with Crippen LogP contribution in [0.5, 0.6) is 0 Å². The van der Waals surface area contributed by atoms with Crippen molar-refractivity contribution in [1.29, 1.82) is 0 Å². The van der Waals surface area contributed by atoms with Crippen LogP contribution in [0.15, 0.2) is 64.6 Å². The molecule has 1 heterocycles. The first-order chi connectivity index (χ1) is 16.2. The van der Waals surface area contributed by atoms with E-state index in [2.05, 4.69) is 14.7 Å². The van der Waals surface area contributed by atoms with Crippen molar-refractivity contribution in [2.75, 3.05) is 0 Å². The normalized spacial score (nSPS) is 24.8. The van der Waals surface area contributed by atoms with Gasteiger partial charge in [0.15, 0.2) is 0 Å². The van der Waals surface area contributed by atoms with E-state index in [-0.39, 0.29) is 23.7 Å². The number of rotatable bonds is 9. The topological polar surface area (TPSA) is 102 Å². The minimum atomic E-state index is -1.26. The van der Waals surface area contributed by atoms with E-state index in [1.54, 1.807) is 0 Å². The lowest BCUT2D eigenvalue weighted by molar-refractivity contribution is -0.135. The molecule has 9 heteroatoms. The summed E-state index contributed by atoms with van der Waals surface area (Å²) >= 11 is 0.275. The summed E-state index contributed by atoms with van der Waals surface area (Å²) in [6.07, 6.45) is -0.188. The van der Waals surface area contributed by atoms with Gasteiger partial charge in [0.25, 0.3) is 0 Å². The van der Waals surface area contributed by atoms with E-state index in [9.17, 15) is 10.1 Å². The van der Waals surface area contributed by atoms with Crippen LogP contribution < -0.4 is 4.72 Å². The van der Waals surface area contributed by atoms with E-state index in [1.165, 1.54) is 17.3 Å². The molecule has 0 amide bonds. The number of hydrogen-bond acceptors (Lipinski definition) is 6. The monoisotopic (exact) mass is 502 g/mol. The predicted molar refractivity (Wildman–Crippen MR) is 139 cm³/mol. The highest BCUT2D eigenvalue weighted by Crippen LogP contribution is 2.37. The molecule has 0 radical (unpaired) electrons. The molecule has 0 aromatic heterocycles. The third-order valence-electron chi connectivity index (χ3n) is 5.57. The van der Waals surface area contributed by atoms with E-state index in [0.29, 0.717) is 13.0 Å². The van der Waals surface area contributed by atoms with Gasteiger partial charge in [-0.2, -0.15) is 0 Å². The molecule has 0 spiro atoms. The maximum absolute atomic E-state index is 12.8. The Morgan fingerprint density at radius 3 is 2.53 bits per heavy atom. The van der Waals surface area contributed by atoms with Crippen molar-refractivity contribution in [2.45, 2.75) is 87.0 Å². The number of azide groups is 1. The molecule has 34 heavy (non-hydrogen) atoms. The second-order valence-electron chi connectivity index (χ2n) is 9.53. The maximum atomic E-state index is 12.8. The van der Waals surface area contributed by atoms with Gasteiger partial charge in [0.2, 0.25) is 0 Å². The quantitative estimate of drug-likeness (QED) is 0.199. The fourth-order valence-electron chi connectivity index (χ4n) is 3.63. The minimum absolute atomic E-state index is 0.242. The Kier molecular flexibility index (Phi) is 9.74. The highest BCUT2D eigenvalue weighted by atomic mass is 32.2. The molecular weight excluding hydrogens is 468 g/mol. The molecule has 2 unspecified atom stereocenters. The largest absolute Gasteiger partial charge is 0.598 e. The molecule has 2 aromatic rings. The Bertz CT molecular complexity index is 949. The van der Waals surface area contributed by atoms with Gasteiger partial charge < -0.3 is 14.0 Å². The number of aryl methyl sites for hydroxylation is 1. The predicted octanol–water partition coefficient (Wildman–Crippen LogP) is 5.91. The summed E-state index contributed by atoms with van der Waals surface area (Å²) in [5.41, 5.74) is 11.1. The Labute approximate surface area is 209 Å². The third kappa shape index (κ3) is 7.65. The number of nitrogens with zero attached hydrogens (tertiary/aromatic N) is 3. The molecule has 184 valence electrons. The molecule has 0 aliphatic carbocycles. The van der Waals surface area contributed by atoms with Gasteiger partial charge in [-0.3, -0.25) is 0 Å². The van der Waals surface area contributed by atoms with Gasteiger partial charge in [0.1, 0.15) is 16.3 Å². The zero-order valence-corrected chi connectivity index (χ0v) is 22.0. The zero-order chi connectivity index (χ0) is 24.7. The van der Waals surface area contributed by atoms with Gasteiger partial charge in [-0.25, -0.2) is 0 Å². The average molecular weight is 503 g/mol. The second kappa shape index (κ2) is 12.3. The van der Waals surface area contributed by atoms with Crippen molar-refractivity contribution in [3.8, 4) is 0 Å². The number of hydrogen-bond donors (Lipinski definition) is 1. The van der Waals surface area contributed by atoms with Crippen LogP contribution in [0.4, 0.5) is 0 Å². The lowest BCUT2D eigenvalue weighted by atomic mass is 9.97. The Morgan fingerprint density at radius 1 is 1.24 bits per heavy atom. The summed E-state index contributed by atoms with van der Waals surface area (Å²) in [6.45, 7) is 10.2. The van der Waals surface area contributed by atoms with Crippen molar-refractivity contribution < 1.29 is 14.0 Å². The summed E-state index contributed by atoms with van der Waals surface area (Å²) in [5.74, 6) is 0. The molecule has 1 fully saturated rings. The Balaban J connectivity index is 1.81. The van der Waals surface area contributed by atoms with E-state index >= 15 is 0 Å². The van der Waals surface area contributed by atoms with Crippen molar-refractivity contribution >= 4 is 23.1 Å².